The molecule has 1 aliphatic rings. The van der Waals surface area contributed by atoms with E-state index in [4.69, 9.17) is 4.74 Å². The lowest BCUT2D eigenvalue weighted by atomic mass is 9.98. The summed E-state index contributed by atoms with van der Waals surface area (Å²) in [5.41, 5.74) is 2.79. The standard InChI is InChI=1S/C23H31N3O3/c1-5-17(4)21-15-20(23(28)29-6-2)24-26(21)19-9-7-18(8-10-19)22(27)25-13-11-16(3)12-14-25/h7-10,15-17H,5-6,11-14H2,1-4H3/t17-/m0/s1. The molecule has 1 saturated heterocycles. The number of likely N-dealkylation sites (tertiary alicyclic amines) is 1. The molecule has 6 heteroatoms. The minimum absolute atomic E-state index is 0.0817. The van der Waals surface area contributed by atoms with E-state index in [1.165, 1.54) is 0 Å². The highest BCUT2D eigenvalue weighted by atomic mass is 16.5. The molecule has 3 rings (SSSR count). The van der Waals surface area contributed by atoms with Crippen LogP contribution in [0.3, 0.4) is 0 Å². The Morgan fingerprint density at radius 3 is 2.41 bits per heavy atom. The van der Waals surface area contributed by atoms with Crippen molar-refractivity contribution in [3.63, 3.8) is 0 Å². The van der Waals surface area contributed by atoms with E-state index < -0.39 is 5.97 Å². The number of carbonyl (C=O) groups excluding carboxylic acids is 2. The van der Waals surface area contributed by atoms with Crippen molar-refractivity contribution in [2.24, 2.45) is 5.92 Å². The Bertz CT molecular complexity index is 849. The fraction of sp³-hybridized carbons (Fsp3) is 0.522. The van der Waals surface area contributed by atoms with Crippen molar-refractivity contribution in [1.82, 2.24) is 14.7 Å². The molecule has 29 heavy (non-hydrogen) atoms. The van der Waals surface area contributed by atoms with Gasteiger partial charge in [-0.05, 0) is 68.4 Å². The van der Waals surface area contributed by atoms with E-state index >= 15 is 0 Å². The number of aromatic nitrogens is 2. The summed E-state index contributed by atoms with van der Waals surface area (Å²) in [6.45, 7) is 10.2. The van der Waals surface area contributed by atoms with Gasteiger partial charge in [0, 0.05) is 24.3 Å². The molecule has 1 aromatic heterocycles. The van der Waals surface area contributed by atoms with Crippen molar-refractivity contribution < 1.29 is 14.3 Å². The average molecular weight is 398 g/mol. The minimum atomic E-state index is -0.415. The van der Waals surface area contributed by atoms with Gasteiger partial charge >= 0.3 is 5.97 Å². The zero-order valence-electron chi connectivity index (χ0n) is 17.9. The van der Waals surface area contributed by atoms with Gasteiger partial charge in [0.25, 0.3) is 5.91 Å². The summed E-state index contributed by atoms with van der Waals surface area (Å²) in [7, 11) is 0. The van der Waals surface area contributed by atoms with Gasteiger partial charge in [-0.2, -0.15) is 5.10 Å². The van der Waals surface area contributed by atoms with Crippen LogP contribution in [0.5, 0.6) is 0 Å². The van der Waals surface area contributed by atoms with E-state index in [2.05, 4.69) is 25.9 Å². The average Bonchev–Trinajstić information content (AvgIpc) is 3.19. The third-order valence-corrected chi connectivity index (χ3v) is 5.77. The third-order valence-electron chi connectivity index (χ3n) is 5.77. The highest BCUT2D eigenvalue weighted by Gasteiger charge is 2.22. The summed E-state index contributed by atoms with van der Waals surface area (Å²) in [6, 6.07) is 9.30. The van der Waals surface area contributed by atoms with Gasteiger partial charge < -0.3 is 9.64 Å². The van der Waals surface area contributed by atoms with Gasteiger partial charge in [0.05, 0.1) is 12.3 Å². The molecule has 0 saturated carbocycles. The van der Waals surface area contributed by atoms with Gasteiger partial charge in [-0.25, -0.2) is 9.48 Å². The predicted molar refractivity (Wildman–Crippen MR) is 113 cm³/mol. The normalized spacial score (nSPS) is 15.9. The molecule has 0 spiro atoms. The fourth-order valence-electron chi connectivity index (χ4n) is 3.61. The molecule has 1 amide bonds. The number of rotatable bonds is 6. The topological polar surface area (TPSA) is 64.4 Å². The number of amides is 1. The number of hydrogen-bond acceptors (Lipinski definition) is 4. The van der Waals surface area contributed by atoms with E-state index in [0.29, 0.717) is 23.8 Å². The van der Waals surface area contributed by atoms with Crippen molar-refractivity contribution in [3.8, 4) is 5.69 Å². The molecule has 1 fully saturated rings. The van der Waals surface area contributed by atoms with Crippen molar-refractivity contribution in [3.05, 3.63) is 47.3 Å². The first-order valence-electron chi connectivity index (χ1n) is 10.6. The van der Waals surface area contributed by atoms with Crippen LogP contribution in [0.25, 0.3) is 5.69 Å². The lowest BCUT2D eigenvalue weighted by Gasteiger charge is -2.30. The monoisotopic (exact) mass is 397 g/mol. The number of piperidine rings is 1. The molecule has 6 nitrogen and oxygen atoms in total. The van der Waals surface area contributed by atoms with Crippen LogP contribution < -0.4 is 0 Å². The number of carbonyl (C=O) groups is 2. The van der Waals surface area contributed by atoms with Crippen LogP contribution in [0, 0.1) is 5.92 Å². The highest BCUT2D eigenvalue weighted by Crippen LogP contribution is 2.24. The number of benzene rings is 1. The summed E-state index contributed by atoms with van der Waals surface area (Å²) in [4.78, 5) is 26.9. The van der Waals surface area contributed by atoms with Gasteiger partial charge in [0.1, 0.15) is 0 Å². The van der Waals surface area contributed by atoms with E-state index in [9.17, 15) is 9.59 Å². The lowest BCUT2D eigenvalue weighted by molar-refractivity contribution is 0.0518. The highest BCUT2D eigenvalue weighted by molar-refractivity contribution is 5.94. The smallest absolute Gasteiger partial charge is 0.358 e. The molecule has 1 atom stereocenters. The molecule has 0 aliphatic carbocycles. The van der Waals surface area contributed by atoms with Crippen LogP contribution in [-0.4, -0.2) is 46.3 Å². The number of ether oxygens (including phenoxy) is 1. The maximum atomic E-state index is 12.8. The van der Waals surface area contributed by atoms with Crippen LogP contribution in [0.4, 0.5) is 0 Å². The van der Waals surface area contributed by atoms with E-state index in [1.807, 2.05) is 29.2 Å². The van der Waals surface area contributed by atoms with Crippen molar-refractivity contribution in [2.45, 2.75) is 52.9 Å². The van der Waals surface area contributed by atoms with Crippen LogP contribution in [0.1, 0.15) is 79.4 Å². The van der Waals surface area contributed by atoms with Crippen LogP contribution in [0.15, 0.2) is 30.3 Å². The number of nitrogens with zero attached hydrogens (tertiary/aromatic N) is 3. The fourth-order valence-corrected chi connectivity index (χ4v) is 3.61. The van der Waals surface area contributed by atoms with Crippen LogP contribution in [-0.2, 0) is 4.74 Å². The predicted octanol–water partition coefficient (Wildman–Crippen LogP) is 4.43. The van der Waals surface area contributed by atoms with Crippen LogP contribution in [0.2, 0.25) is 0 Å². The second-order valence-corrected chi connectivity index (χ2v) is 7.92. The molecule has 1 aliphatic heterocycles. The SMILES string of the molecule is CCOC(=O)c1cc([C@@H](C)CC)n(-c2ccc(C(=O)N3CCC(C)CC3)cc2)n1. The molecule has 2 heterocycles. The molecular formula is C23H31N3O3. The van der Waals surface area contributed by atoms with Gasteiger partial charge in [0.15, 0.2) is 5.69 Å². The summed E-state index contributed by atoms with van der Waals surface area (Å²) >= 11 is 0. The largest absolute Gasteiger partial charge is 0.461 e. The Morgan fingerprint density at radius 1 is 1.17 bits per heavy atom. The number of hydrogen-bond donors (Lipinski definition) is 0. The molecule has 156 valence electrons. The summed E-state index contributed by atoms with van der Waals surface area (Å²) in [5, 5.41) is 4.49. The molecule has 0 radical (unpaired) electrons. The Labute approximate surface area is 172 Å². The molecule has 0 unspecified atom stereocenters. The third kappa shape index (κ3) is 4.69. The maximum absolute atomic E-state index is 12.8. The maximum Gasteiger partial charge on any atom is 0.358 e. The first-order chi connectivity index (χ1) is 13.9. The molecule has 0 bridgehead atoms. The van der Waals surface area contributed by atoms with Crippen molar-refractivity contribution in [2.75, 3.05) is 19.7 Å². The number of esters is 1. The Kier molecular flexibility index (Phi) is 6.72. The van der Waals surface area contributed by atoms with Gasteiger partial charge in [-0.15, -0.1) is 0 Å². The quantitative estimate of drug-likeness (QED) is 0.676. The van der Waals surface area contributed by atoms with Crippen molar-refractivity contribution in [1.29, 1.82) is 0 Å². The van der Waals surface area contributed by atoms with E-state index in [-0.39, 0.29) is 11.8 Å². The first kappa shape index (κ1) is 21.1. The van der Waals surface area contributed by atoms with E-state index in [1.54, 1.807) is 17.7 Å². The zero-order chi connectivity index (χ0) is 21.0. The molecule has 0 N–H and O–H groups in total. The Balaban J connectivity index is 1.85. The second kappa shape index (κ2) is 9.25. The second-order valence-electron chi connectivity index (χ2n) is 7.92. The van der Waals surface area contributed by atoms with Gasteiger partial charge in [-0.1, -0.05) is 20.8 Å². The first-order valence-corrected chi connectivity index (χ1v) is 10.6. The molecule has 1 aromatic carbocycles. The molecule has 2 aromatic rings. The summed E-state index contributed by atoms with van der Waals surface area (Å²) in [5.74, 6) is 0.594. The van der Waals surface area contributed by atoms with Crippen molar-refractivity contribution >= 4 is 11.9 Å². The molecular weight excluding hydrogens is 366 g/mol. The Morgan fingerprint density at radius 2 is 1.83 bits per heavy atom. The van der Waals surface area contributed by atoms with Crippen LogP contribution >= 0.6 is 0 Å². The van der Waals surface area contributed by atoms with E-state index in [0.717, 1.165) is 43.7 Å². The zero-order valence-corrected chi connectivity index (χ0v) is 17.9. The van der Waals surface area contributed by atoms with Gasteiger partial charge in [-0.3, -0.25) is 4.79 Å². The van der Waals surface area contributed by atoms with Gasteiger partial charge in [0.2, 0.25) is 0 Å². The minimum Gasteiger partial charge on any atom is -0.461 e. The summed E-state index contributed by atoms with van der Waals surface area (Å²) in [6.07, 6.45) is 3.05. The lowest BCUT2D eigenvalue weighted by Crippen LogP contribution is -2.37. The Hall–Kier alpha value is -2.63. The summed E-state index contributed by atoms with van der Waals surface area (Å²) < 4.78 is 6.89.